The van der Waals surface area contributed by atoms with Crippen LogP contribution in [0.2, 0.25) is 0 Å². The molecule has 200 valence electrons. The number of likely N-dealkylation sites (tertiary alicyclic amines) is 1. The largest absolute Gasteiger partial charge is 0.418 e. The highest BCUT2D eigenvalue weighted by molar-refractivity contribution is 5.58. The van der Waals surface area contributed by atoms with Gasteiger partial charge < -0.3 is 9.30 Å². The van der Waals surface area contributed by atoms with E-state index in [1.807, 2.05) is 34.7 Å². The Morgan fingerprint density at radius 3 is 2.58 bits per heavy atom. The third kappa shape index (κ3) is 4.33. The molecule has 0 N–H and O–H groups in total. The molecule has 1 saturated carbocycles. The van der Waals surface area contributed by atoms with Gasteiger partial charge in [0.15, 0.2) is 0 Å². The molecule has 0 spiro atoms. The van der Waals surface area contributed by atoms with Crippen molar-refractivity contribution in [1.29, 1.82) is 0 Å². The molecule has 0 bridgehead atoms. The van der Waals surface area contributed by atoms with Crippen molar-refractivity contribution in [2.75, 3.05) is 20.2 Å². The second-order valence-electron chi connectivity index (χ2n) is 10.4. The summed E-state index contributed by atoms with van der Waals surface area (Å²) in [4.78, 5) is 15.5. The lowest BCUT2D eigenvalue weighted by Gasteiger charge is -2.38. The average molecular weight is 527 g/mol. The van der Waals surface area contributed by atoms with Gasteiger partial charge in [0.25, 0.3) is 0 Å². The number of hydrogen-bond donors (Lipinski definition) is 0. The van der Waals surface area contributed by atoms with Crippen LogP contribution in [-0.2, 0) is 24.5 Å². The first-order valence-corrected chi connectivity index (χ1v) is 12.8. The van der Waals surface area contributed by atoms with E-state index >= 15 is 0 Å². The number of nitrogens with zero attached hydrogens (tertiary/aromatic N) is 6. The van der Waals surface area contributed by atoms with E-state index in [1.165, 1.54) is 17.0 Å². The molecule has 1 atom stereocenters. The number of imidazole rings is 1. The molecule has 3 aromatic heterocycles. The number of alkyl halides is 3. The number of methoxy groups -OCH3 is 1. The summed E-state index contributed by atoms with van der Waals surface area (Å²) >= 11 is 0. The Labute approximate surface area is 217 Å². The van der Waals surface area contributed by atoms with E-state index in [0.29, 0.717) is 36.8 Å². The van der Waals surface area contributed by atoms with E-state index in [9.17, 15) is 18.0 Å². The van der Waals surface area contributed by atoms with Gasteiger partial charge in [-0.25, -0.2) is 4.79 Å². The molecular weight excluding hydrogens is 497 g/mol. The number of rotatable bonds is 7. The van der Waals surface area contributed by atoms with Crippen LogP contribution in [0.4, 0.5) is 13.2 Å². The first-order chi connectivity index (χ1) is 18.2. The molecule has 0 amide bonds. The lowest BCUT2D eigenvalue weighted by Crippen LogP contribution is -2.50. The van der Waals surface area contributed by atoms with Gasteiger partial charge in [-0.1, -0.05) is 18.6 Å². The third-order valence-corrected chi connectivity index (χ3v) is 7.95. The molecule has 11 heteroatoms. The van der Waals surface area contributed by atoms with Crippen molar-refractivity contribution in [3.05, 3.63) is 82.1 Å². The SMILES string of the molecule is COC1CN(Cc2cc(C(F)(F)F)c3cn(-c4cccc([C@H](c5nncn5C)C5CCC5)c4)c(=O)n3c2)C1. The first kappa shape index (κ1) is 24.9. The van der Waals surface area contributed by atoms with Crippen LogP contribution in [0.5, 0.6) is 0 Å². The smallest absolute Gasteiger partial charge is 0.379 e. The minimum Gasteiger partial charge on any atom is -0.379 e. The standard InChI is InChI=1S/C27H29F3N6O2/c1-33-16-31-32-25(33)24(18-5-3-6-18)19-7-4-8-20(10-19)35-15-23-22(27(28,29)30)9-17(12-36(23)26(35)37)11-34-13-21(14-34)38-2/h4,7-10,12,15-16,18,21,24H,3,5-6,11,13-14H2,1-2H3/t24-/m1/s1. The van der Waals surface area contributed by atoms with Gasteiger partial charge in [-0.3, -0.25) is 13.9 Å². The summed E-state index contributed by atoms with van der Waals surface area (Å²) in [7, 11) is 3.52. The molecule has 1 aliphatic carbocycles. The van der Waals surface area contributed by atoms with Crippen molar-refractivity contribution in [2.45, 2.75) is 44.0 Å². The number of benzene rings is 1. The second kappa shape index (κ2) is 9.39. The van der Waals surface area contributed by atoms with E-state index in [0.717, 1.165) is 41.1 Å². The number of ether oxygens (including phenoxy) is 1. The highest BCUT2D eigenvalue weighted by atomic mass is 19.4. The molecule has 1 aliphatic heterocycles. The van der Waals surface area contributed by atoms with Crippen LogP contribution >= 0.6 is 0 Å². The molecule has 1 saturated heterocycles. The molecule has 4 heterocycles. The summed E-state index contributed by atoms with van der Waals surface area (Å²) in [6, 6.07) is 8.61. The Morgan fingerprint density at radius 2 is 1.95 bits per heavy atom. The number of aryl methyl sites for hydroxylation is 1. The van der Waals surface area contributed by atoms with E-state index in [2.05, 4.69) is 10.2 Å². The highest BCUT2D eigenvalue weighted by Gasteiger charge is 2.36. The zero-order chi connectivity index (χ0) is 26.6. The summed E-state index contributed by atoms with van der Waals surface area (Å²) < 4.78 is 51.9. The van der Waals surface area contributed by atoms with Gasteiger partial charge in [0.1, 0.15) is 12.2 Å². The molecule has 6 rings (SSSR count). The van der Waals surface area contributed by atoms with Gasteiger partial charge in [-0.2, -0.15) is 13.2 Å². The quantitative estimate of drug-likeness (QED) is 0.364. The second-order valence-corrected chi connectivity index (χ2v) is 10.4. The van der Waals surface area contributed by atoms with Crippen LogP contribution in [0, 0.1) is 5.92 Å². The molecule has 38 heavy (non-hydrogen) atoms. The Bertz CT molecular complexity index is 1530. The molecule has 0 unspecified atom stereocenters. The maximum Gasteiger partial charge on any atom is 0.418 e. The molecule has 8 nitrogen and oxygen atoms in total. The molecular formula is C27H29F3N6O2. The number of hydrogen-bond acceptors (Lipinski definition) is 5. The molecule has 2 fully saturated rings. The van der Waals surface area contributed by atoms with Crippen LogP contribution in [0.3, 0.4) is 0 Å². The van der Waals surface area contributed by atoms with Gasteiger partial charge in [0.2, 0.25) is 0 Å². The lowest BCUT2D eigenvalue weighted by atomic mass is 9.72. The lowest BCUT2D eigenvalue weighted by molar-refractivity contribution is -0.136. The predicted octanol–water partition coefficient (Wildman–Crippen LogP) is 4.00. The molecule has 4 aromatic rings. The third-order valence-electron chi connectivity index (χ3n) is 7.95. The van der Waals surface area contributed by atoms with E-state index in [1.54, 1.807) is 19.5 Å². The van der Waals surface area contributed by atoms with Crippen molar-refractivity contribution < 1.29 is 17.9 Å². The number of aromatic nitrogens is 5. The van der Waals surface area contributed by atoms with Crippen molar-refractivity contribution in [2.24, 2.45) is 13.0 Å². The fourth-order valence-corrected chi connectivity index (χ4v) is 5.65. The van der Waals surface area contributed by atoms with Crippen molar-refractivity contribution in [3.8, 4) is 5.69 Å². The van der Waals surface area contributed by atoms with E-state index in [-0.39, 0.29) is 17.5 Å². The zero-order valence-electron chi connectivity index (χ0n) is 21.2. The Morgan fingerprint density at radius 1 is 1.16 bits per heavy atom. The maximum atomic E-state index is 14.1. The van der Waals surface area contributed by atoms with E-state index < -0.39 is 17.4 Å². The first-order valence-electron chi connectivity index (χ1n) is 12.8. The van der Waals surface area contributed by atoms with Crippen molar-refractivity contribution in [1.82, 2.24) is 28.6 Å². The summed E-state index contributed by atoms with van der Waals surface area (Å²) in [6.07, 6.45) is 3.24. The average Bonchev–Trinajstić information content (AvgIpc) is 3.40. The van der Waals surface area contributed by atoms with Gasteiger partial charge in [-0.05, 0) is 48.1 Å². The topological polar surface area (TPSA) is 69.6 Å². The van der Waals surface area contributed by atoms with Crippen LogP contribution < -0.4 is 5.69 Å². The monoisotopic (exact) mass is 526 g/mol. The van der Waals surface area contributed by atoms with Gasteiger partial charge in [0, 0.05) is 52.1 Å². The number of pyridine rings is 1. The summed E-state index contributed by atoms with van der Waals surface area (Å²) in [6.45, 7) is 1.60. The Hall–Kier alpha value is -3.44. The summed E-state index contributed by atoms with van der Waals surface area (Å²) in [5, 5.41) is 8.40. The predicted molar refractivity (Wildman–Crippen MR) is 134 cm³/mol. The fraction of sp³-hybridized carbons (Fsp3) is 0.444. The molecule has 1 aromatic carbocycles. The fourth-order valence-electron chi connectivity index (χ4n) is 5.65. The Balaban J connectivity index is 1.42. The molecule has 2 aliphatic rings. The zero-order valence-corrected chi connectivity index (χ0v) is 21.2. The number of halogens is 3. The Kier molecular flexibility index (Phi) is 6.14. The van der Waals surface area contributed by atoms with Crippen LogP contribution in [-0.4, -0.2) is 54.9 Å². The minimum atomic E-state index is -4.60. The normalized spacial score (nSPS) is 18.0. The van der Waals surface area contributed by atoms with Crippen LogP contribution in [0.15, 0.2) is 53.8 Å². The minimum absolute atomic E-state index is 0.00581. The summed E-state index contributed by atoms with van der Waals surface area (Å²) in [5.74, 6) is 1.23. The van der Waals surface area contributed by atoms with Gasteiger partial charge >= 0.3 is 11.9 Å². The highest BCUT2D eigenvalue weighted by Crippen LogP contribution is 2.43. The molecule has 0 radical (unpaired) electrons. The van der Waals surface area contributed by atoms with Crippen LogP contribution in [0.25, 0.3) is 11.2 Å². The van der Waals surface area contributed by atoms with Crippen molar-refractivity contribution in [3.63, 3.8) is 0 Å². The van der Waals surface area contributed by atoms with Crippen molar-refractivity contribution >= 4 is 5.52 Å². The van der Waals surface area contributed by atoms with Gasteiger partial charge in [0.05, 0.1) is 22.9 Å². The summed E-state index contributed by atoms with van der Waals surface area (Å²) in [5.41, 5.74) is 0.383. The van der Waals surface area contributed by atoms with Gasteiger partial charge in [-0.15, -0.1) is 10.2 Å². The maximum absolute atomic E-state index is 14.1. The number of fused-ring (bicyclic) bond motifs is 1. The van der Waals surface area contributed by atoms with Crippen LogP contribution in [0.1, 0.15) is 47.7 Å². The van der Waals surface area contributed by atoms with E-state index in [4.69, 9.17) is 4.74 Å².